The van der Waals surface area contributed by atoms with Crippen molar-refractivity contribution in [3.05, 3.63) is 47.8 Å². The van der Waals surface area contributed by atoms with Gasteiger partial charge >= 0.3 is 0 Å². The van der Waals surface area contributed by atoms with Crippen LogP contribution >= 0.6 is 0 Å². The quantitative estimate of drug-likeness (QED) is 0.451. The Bertz CT molecular complexity index is 749. The summed E-state index contributed by atoms with van der Waals surface area (Å²) in [5.41, 5.74) is 1.44. The summed E-state index contributed by atoms with van der Waals surface area (Å²) in [6.45, 7) is 2.30. The third-order valence-corrected chi connectivity index (χ3v) is 7.51. The van der Waals surface area contributed by atoms with E-state index < -0.39 is 0 Å². The van der Waals surface area contributed by atoms with Gasteiger partial charge in [-0.15, -0.1) is 0 Å². The summed E-state index contributed by atoms with van der Waals surface area (Å²) < 4.78 is 13.9. The molecule has 146 valence electrons. The maximum atomic E-state index is 13.9. The molecule has 0 nitrogen and oxygen atoms in total. The van der Waals surface area contributed by atoms with Crippen LogP contribution in [0.5, 0.6) is 0 Å². The Morgan fingerprint density at radius 1 is 0.889 bits per heavy atom. The van der Waals surface area contributed by atoms with Crippen LogP contribution < -0.4 is 0 Å². The summed E-state index contributed by atoms with van der Waals surface area (Å²) in [4.78, 5) is 0. The van der Waals surface area contributed by atoms with Gasteiger partial charge in [-0.1, -0.05) is 75.8 Å². The number of rotatable bonds is 6. The molecule has 0 amide bonds. The zero-order valence-corrected chi connectivity index (χ0v) is 16.9. The van der Waals surface area contributed by atoms with Crippen LogP contribution in [-0.2, 0) is 0 Å². The molecule has 2 aliphatic rings. The van der Waals surface area contributed by atoms with Crippen LogP contribution in [0.3, 0.4) is 0 Å². The predicted octanol–water partition coefficient (Wildman–Crippen LogP) is 8.25. The van der Waals surface area contributed by atoms with Crippen LogP contribution in [-0.4, -0.2) is 0 Å². The fourth-order valence-electron chi connectivity index (χ4n) is 5.93. The first-order valence-corrected chi connectivity index (χ1v) is 11.4. The highest BCUT2D eigenvalue weighted by atomic mass is 19.1. The van der Waals surface area contributed by atoms with E-state index >= 15 is 0 Å². The standard InChI is InChI=1S/C26H35F/c1-2-3-4-5-7-19-10-11-21-17-22(13-12-20(21)16-19)23-14-15-25-24(18-23)8-6-9-26(25)27/h6,8-9,14-15,18-22H,2-5,7,10-13,16-17H2,1H3. The van der Waals surface area contributed by atoms with Crippen LogP contribution in [0.2, 0.25) is 0 Å². The van der Waals surface area contributed by atoms with Gasteiger partial charge in [0.2, 0.25) is 0 Å². The van der Waals surface area contributed by atoms with Gasteiger partial charge in [0.05, 0.1) is 0 Å². The summed E-state index contributed by atoms with van der Waals surface area (Å²) in [5, 5.41) is 1.82. The van der Waals surface area contributed by atoms with Crippen molar-refractivity contribution in [3.63, 3.8) is 0 Å². The summed E-state index contributed by atoms with van der Waals surface area (Å²) in [7, 11) is 0. The molecule has 0 N–H and O–H groups in total. The third kappa shape index (κ3) is 4.39. The maximum Gasteiger partial charge on any atom is 0.131 e. The van der Waals surface area contributed by atoms with Crippen LogP contribution in [0.4, 0.5) is 4.39 Å². The average Bonchev–Trinajstić information content (AvgIpc) is 2.71. The van der Waals surface area contributed by atoms with Crippen molar-refractivity contribution in [2.45, 2.75) is 83.5 Å². The molecule has 0 radical (unpaired) electrons. The van der Waals surface area contributed by atoms with Gasteiger partial charge in [-0.2, -0.15) is 0 Å². The lowest BCUT2D eigenvalue weighted by molar-refractivity contribution is 0.113. The van der Waals surface area contributed by atoms with Gasteiger partial charge in [0.1, 0.15) is 5.82 Å². The number of halogens is 1. The second-order valence-corrected chi connectivity index (χ2v) is 9.28. The van der Waals surface area contributed by atoms with Gasteiger partial charge in [0.15, 0.2) is 0 Å². The van der Waals surface area contributed by atoms with E-state index in [1.54, 1.807) is 6.07 Å². The van der Waals surface area contributed by atoms with Gasteiger partial charge < -0.3 is 0 Å². The summed E-state index contributed by atoms with van der Waals surface area (Å²) in [6, 6.07) is 11.9. The Labute approximate surface area is 164 Å². The minimum Gasteiger partial charge on any atom is -0.206 e. The van der Waals surface area contributed by atoms with E-state index in [0.29, 0.717) is 5.92 Å². The molecule has 27 heavy (non-hydrogen) atoms. The van der Waals surface area contributed by atoms with Crippen molar-refractivity contribution in [2.24, 2.45) is 17.8 Å². The Morgan fingerprint density at radius 3 is 2.63 bits per heavy atom. The summed E-state index contributed by atoms with van der Waals surface area (Å²) in [6.07, 6.45) is 15.6. The number of fused-ring (bicyclic) bond motifs is 2. The molecule has 0 aromatic heterocycles. The van der Waals surface area contributed by atoms with Gasteiger partial charge in [0.25, 0.3) is 0 Å². The number of unbranched alkanes of at least 4 members (excludes halogenated alkanes) is 3. The van der Waals surface area contributed by atoms with E-state index in [-0.39, 0.29) is 5.82 Å². The lowest BCUT2D eigenvalue weighted by Crippen LogP contribution is -2.30. The van der Waals surface area contributed by atoms with Crippen LogP contribution in [0.1, 0.15) is 89.0 Å². The molecule has 2 aromatic rings. The molecule has 0 heterocycles. The first-order chi connectivity index (χ1) is 13.2. The van der Waals surface area contributed by atoms with Crippen LogP contribution in [0, 0.1) is 23.6 Å². The van der Waals surface area contributed by atoms with Gasteiger partial charge in [-0.05, 0) is 72.8 Å². The van der Waals surface area contributed by atoms with Gasteiger partial charge in [-0.25, -0.2) is 4.39 Å². The molecule has 0 spiro atoms. The number of hydrogen-bond donors (Lipinski definition) is 0. The topological polar surface area (TPSA) is 0 Å². The second kappa shape index (κ2) is 8.76. The van der Waals surface area contributed by atoms with Crippen molar-refractivity contribution in [3.8, 4) is 0 Å². The van der Waals surface area contributed by atoms with E-state index in [1.807, 2.05) is 12.1 Å². The molecule has 2 aliphatic carbocycles. The smallest absolute Gasteiger partial charge is 0.131 e. The molecule has 0 bridgehead atoms. The molecule has 4 rings (SSSR count). The second-order valence-electron chi connectivity index (χ2n) is 9.28. The van der Waals surface area contributed by atoms with Gasteiger partial charge in [0, 0.05) is 5.39 Å². The molecular weight excluding hydrogens is 331 g/mol. The number of hydrogen-bond acceptors (Lipinski definition) is 0. The normalized spacial score (nSPS) is 28.2. The number of benzene rings is 2. The van der Waals surface area contributed by atoms with Crippen LogP contribution in [0.15, 0.2) is 36.4 Å². The van der Waals surface area contributed by atoms with Crippen molar-refractivity contribution in [2.75, 3.05) is 0 Å². The zero-order chi connectivity index (χ0) is 18.6. The van der Waals surface area contributed by atoms with E-state index in [9.17, 15) is 4.39 Å². The highest BCUT2D eigenvalue weighted by Crippen LogP contribution is 2.48. The SMILES string of the molecule is CCCCCCC1CCC2CC(c3ccc4c(F)cccc4c3)CCC2C1. The molecule has 4 unspecified atom stereocenters. The average molecular weight is 367 g/mol. The summed E-state index contributed by atoms with van der Waals surface area (Å²) >= 11 is 0. The zero-order valence-electron chi connectivity index (χ0n) is 16.9. The minimum absolute atomic E-state index is 0.0972. The fraction of sp³-hybridized carbons (Fsp3) is 0.615. The van der Waals surface area contributed by atoms with Gasteiger partial charge in [-0.3, -0.25) is 0 Å². The van der Waals surface area contributed by atoms with Crippen molar-refractivity contribution in [1.29, 1.82) is 0 Å². The van der Waals surface area contributed by atoms with E-state index in [2.05, 4.69) is 25.1 Å². The molecule has 1 heteroatoms. The Balaban J connectivity index is 1.36. The largest absolute Gasteiger partial charge is 0.206 e. The maximum absolute atomic E-state index is 13.9. The van der Waals surface area contributed by atoms with E-state index in [0.717, 1.165) is 28.5 Å². The molecule has 0 aliphatic heterocycles. The lowest BCUT2D eigenvalue weighted by atomic mass is 9.63. The monoisotopic (exact) mass is 366 g/mol. The van der Waals surface area contributed by atoms with Crippen molar-refractivity contribution in [1.82, 2.24) is 0 Å². The minimum atomic E-state index is -0.0972. The fourth-order valence-corrected chi connectivity index (χ4v) is 5.93. The Morgan fingerprint density at radius 2 is 1.74 bits per heavy atom. The molecular formula is C26H35F. The molecule has 2 saturated carbocycles. The van der Waals surface area contributed by atoms with E-state index in [4.69, 9.17) is 0 Å². The molecule has 2 aromatic carbocycles. The highest BCUT2D eigenvalue weighted by Gasteiger charge is 2.35. The Hall–Kier alpha value is -1.37. The summed E-state index contributed by atoms with van der Waals surface area (Å²) in [5.74, 6) is 3.49. The molecule has 2 fully saturated rings. The van der Waals surface area contributed by atoms with E-state index in [1.165, 1.54) is 76.2 Å². The highest BCUT2D eigenvalue weighted by molar-refractivity contribution is 5.83. The Kier molecular flexibility index (Phi) is 6.15. The first-order valence-electron chi connectivity index (χ1n) is 11.4. The third-order valence-electron chi connectivity index (χ3n) is 7.51. The predicted molar refractivity (Wildman–Crippen MR) is 114 cm³/mol. The first kappa shape index (κ1) is 19.0. The van der Waals surface area contributed by atoms with Crippen molar-refractivity contribution < 1.29 is 4.39 Å². The van der Waals surface area contributed by atoms with Crippen LogP contribution in [0.25, 0.3) is 10.8 Å². The molecule has 0 saturated heterocycles. The molecule has 4 atom stereocenters. The lowest BCUT2D eigenvalue weighted by Gasteiger charge is -2.42. The van der Waals surface area contributed by atoms with Crippen molar-refractivity contribution >= 4 is 10.8 Å².